The SMILES string of the molecule is COc1ccc2ncc(CO)c(C(F)CCC3(CO)CCN(CCOc4c(F)cc(F)cc4F)CC3)c2c1. The smallest absolute Gasteiger partial charge is 0.190 e. The summed E-state index contributed by atoms with van der Waals surface area (Å²) < 4.78 is 66.8. The fourth-order valence-electron chi connectivity index (χ4n) is 5.12. The highest BCUT2D eigenvalue weighted by Crippen LogP contribution is 2.41. The van der Waals surface area contributed by atoms with Crippen LogP contribution in [-0.2, 0) is 6.61 Å². The largest absolute Gasteiger partial charge is 0.497 e. The van der Waals surface area contributed by atoms with Crippen LogP contribution in [0.15, 0.2) is 36.5 Å². The molecule has 206 valence electrons. The van der Waals surface area contributed by atoms with Crippen molar-refractivity contribution in [3.63, 3.8) is 0 Å². The van der Waals surface area contributed by atoms with Gasteiger partial charge in [-0.15, -0.1) is 0 Å². The molecule has 0 aliphatic carbocycles. The van der Waals surface area contributed by atoms with Crippen LogP contribution in [0.5, 0.6) is 11.5 Å². The number of nitrogens with zero attached hydrogens (tertiary/aromatic N) is 2. The van der Waals surface area contributed by atoms with Gasteiger partial charge in [0, 0.05) is 48.0 Å². The average Bonchev–Trinajstić information content (AvgIpc) is 2.92. The van der Waals surface area contributed by atoms with Crippen molar-refractivity contribution >= 4 is 10.9 Å². The summed E-state index contributed by atoms with van der Waals surface area (Å²) in [4.78, 5) is 6.37. The second-order valence-corrected chi connectivity index (χ2v) is 9.79. The molecule has 1 atom stereocenters. The summed E-state index contributed by atoms with van der Waals surface area (Å²) in [7, 11) is 1.53. The Labute approximate surface area is 218 Å². The van der Waals surface area contributed by atoms with Crippen LogP contribution in [0.25, 0.3) is 10.9 Å². The molecule has 2 aromatic carbocycles. The molecule has 3 aromatic rings. The lowest BCUT2D eigenvalue weighted by molar-refractivity contribution is 0.0262. The van der Waals surface area contributed by atoms with Gasteiger partial charge in [0.05, 0.1) is 19.2 Å². The van der Waals surface area contributed by atoms with E-state index in [0.717, 1.165) is 0 Å². The second-order valence-electron chi connectivity index (χ2n) is 9.79. The molecule has 2 heterocycles. The molecule has 0 saturated carbocycles. The van der Waals surface area contributed by atoms with Gasteiger partial charge >= 0.3 is 0 Å². The maximum absolute atomic E-state index is 15.7. The van der Waals surface area contributed by atoms with E-state index in [-0.39, 0.29) is 26.2 Å². The molecule has 38 heavy (non-hydrogen) atoms. The van der Waals surface area contributed by atoms with E-state index in [1.54, 1.807) is 18.2 Å². The third-order valence-electron chi connectivity index (χ3n) is 7.48. The monoisotopic (exact) mass is 536 g/mol. The first-order chi connectivity index (χ1) is 18.3. The third-order valence-corrected chi connectivity index (χ3v) is 7.48. The lowest BCUT2D eigenvalue weighted by Crippen LogP contribution is -2.43. The molecule has 1 aliphatic rings. The second kappa shape index (κ2) is 12.3. The summed E-state index contributed by atoms with van der Waals surface area (Å²) in [6.45, 7) is 1.19. The first kappa shape index (κ1) is 28.1. The highest BCUT2D eigenvalue weighted by Gasteiger charge is 2.35. The van der Waals surface area contributed by atoms with Gasteiger partial charge in [0.1, 0.15) is 24.3 Å². The minimum Gasteiger partial charge on any atom is -0.497 e. The van der Waals surface area contributed by atoms with Gasteiger partial charge in [-0.2, -0.15) is 0 Å². The van der Waals surface area contributed by atoms with Gasteiger partial charge < -0.3 is 19.7 Å². The van der Waals surface area contributed by atoms with E-state index in [1.165, 1.54) is 13.3 Å². The standard InChI is InChI=1S/C28H32F4N2O4/c1-37-20-2-3-25-21(14-20)26(18(16-35)15-33-25)22(30)4-5-28(17-36)6-8-34(9-7-28)10-11-38-27-23(31)12-19(29)13-24(27)32/h2-3,12-15,22,35-36H,4-11,16-17H2,1H3. The summed E-state index contributed by atoms with van der Waals surface area (Å²) in [6, 6.07) is 6.36. The number of halogens is 4. The molecule has 1 aliphatic heterocycles. The number of rotatable bonds is 11. The predicted octanol–water partition coefficient (Wildman–Crippen LogP) is 5.10. The molecule has 1 fully saturated rings. The first-order valence-electron chi connectivity index (χ1n) is 12.6. The van der Waals surface area contributed by atoms with Gasteiger partial charge in [-0.1, -0.05) is 0 Å². The molecule has 1 saturated heterocycles. The molecular formula is C28H32F4N2O4. The van der Waals surface area contributed by atoms with Gasteiger partial charge in [0.15, 0.2) is 17.4 Å². The Morgan fingerprint density at radius 3 is 2.42 bits per heavy atom. The number of methoxy groups -OCH3 is 1. The Balaban J connectivity index is 1.35. The third kappa shape index (κ3) is 6.19. The lowest BCUT2D eigenvalue weighted by atomic mass is 9.74. The molecule has 10 heteroatoms. The summed E-state index contributed by atoms with van der Waals surface area (Å²) >= 11 is 0. The summed E-state index contributed by atoms with van der Waals surface area (Å²) in [5.74, 6) is -3.23. The number of ether oxygens (including phenoxy) is 2. The van der Waals surface area contributed by atoms with Crippen LogP contribution < -0.4 is 9.47 Å². The Bertz CT molecular complexity index is 1220. The number of aromatic nitrogens is 1. The topological polar surface area (TPSA) is 75.0 Å². The number of hydrogen-bond donors (Lipinski definition) is 2. The Morgan fingerprint density at radius 1 is 1.08 bits per heavy atom. The summed E-state index contributed by atoms with van der Waals surface area (Å²) in [6.07, 6.45) is 1.96. The Morgan fingerprint density at radius 2 is 1.79 bits per heavy atom. The molecule has 0 spiro atoms. The van der Waals surface area contributed by atoms with Crippen LogP contribution in [0.2, 0.25) is 0 Å². The van der Waals surface area contributed by atoms with Gasteiger partial charge in [0.25, 0.3) is 0 Å². The van der Waals surface area contributed by atoms with E-state index >= 15 is 4.39 Å². The lowest BCUT2D eigenvalue weighted by Gasteiger charge is -2.41. The van der Waals surface area contributed by atoms with Gasteiger partial charge in [-0.05, 0) is 62.4 Å². The van der Waals surface area contributed by atoms with Gasteiger partial charge in [-0.3, -0.25) is 9.88 Å². The van der Waals surface area contributed by atoms with Crippen LogP contribution in [-0.4, -0.2) is 60.1 Å². The van der Waals surface area contributed by atoms with E-state index in [9.17, 15) is 23.4 Å². The number of aliphatic hydroxyl groups excluding tert-OH is 2. The molecule has 0 bridgehead atoms. The molecule has 1 unspecified atom stereocenters. The van der Waals surface area contributed by atoms with Crippen LogP contribution >= 0.6 is 0 Å². The Kier molecular flexibility index (Phi) is 9.07. The van der Waals surface area contributed by atoms with E-state index < -0.39 is 34.8 Å². The number of benzene rings is 2. The fraction of sp³-hybridized carbons (Fsp3) is 0.464. The van der Waals surface area contributed by atoms with Crippen molar-refractivity contribution in [1.29, 1.82) is 0 Å². The molecular weight excluding hydrogens is 504 g/mol. The normalized spacial score (nSPS) is 16.5. The Hall–Kier alpha value is -2.95. The number of alkyl halides is 1. The zero-order valence-electron chi connectivity index (χ0n) is 21.2. The van der Waals surface area contributed by atoms with Crippen molar-refractivity contribution in [2.24, 2.45) is 5.41 Å². The highest BCUT2D eigenvalue weighted by atomic mass is 19.1. The number of piperidine rings is 1. The zero-order valence-corrected chi connectivity index (χ0v) is 21.2. The van der Waals surface area contributed by atoms with E-state index in [1.807, 2.05) is 4.90 Å². The number of fused-ring (bicyclic) bond motifs is 1. The van der Waals surface area contributed by atoms with Crippen molar-refractivity contribution < 1.29 is 37.2 Å². The number of hydrogen-bond acceptors (Lipinski definition) is 6. The zero-order chi connectivity index (χ0) is 27.3. The van der Waals surface area contributed by atoms with Crippen molar-refractivity contribution in [2.45, 2.75) is 38.5 Å². The van der Waals surface area contributed by atoms with Crippen molar-refractivity contribution in [3.05, 3.63) is 65.1 Å². The van der Waals surface area contributed by atoms with Gasteiger partial charge in [0.2, 0.25) is 0 Å². The quantitative estimate of drug-likeness (QED) is 0.333. The maximum atomic E-state index is 15.7. The van der Waals surface area contributed by atoms with Crippen LogP contribution in [0.3, 0.4) is 0 Å². The van der Waals surface area contributed by atoms with Crippen molar-refractivity contribution in [1.82, 2.24) is 9.88 Å². The van der Waals surface area contributed by atoms with E-state index in [4.69, 9.17) is 9.47 Å². The van der Waals surface area contributed by atoms with Gasteiger partial charge in [-0.25, -0.2) is 17.6 Å². The molecule has 2 N–H and O–H groups in total. The molecule has 4 rings (SSSR count). The molecule has 1 aromatic heterocycles. The number of pyridine rings is 1. The minimum atomic E-state index is -1.37. The van der Waals surface area contributed by atoms with Crippen LogP contribution in [0.4, 0.5) is 17.6 Å². The number of aliphatic hydroxyl groups is 2. The number of likely N-dealkylation sites (tertiary alicyclic amines) is 1. The fourth-order valence-corrected chi connectivity index (χ4v) is 5.12. The minimum absolute atomic E-state index is 0.0146. The summed E-state index contributed by atoms with van der Waals surface area (Å²) in [5, 5.41) is 20.6. The predicted molar refractivity (Wildman–Crippen MR) is 134 cm³/mol. The maximum Gasteiger partial charge on any atom is 0.190 e. The molecule has 0 amide bonds. The van der Waals surface area contributed by atoms with Crippen molar-refractivity contribution in [2.75, 3.05) is 40.0 Å². The van der Waals surface area contributed by atoms with E-state index in [0.29, 0.717) is 78.8 Å². The summed E-state index contributed by atoms with van der Waals surface area (Å²) in [5.41, 5.74) is 0.949. The highest BCUT2D eigenvalue weighted by molar-refractivity contribution is 5.85. The van der Waals surface area contributed by atoms with Crippen molar-refractivity contribution in [3.8, 4) is 11.5 Å². The first-order valence-corrected chi connectivity index (χ1v) is 12.6. The van der Waals surface area contributed by atoms with E-state index in [2.05, 4.69) is 4.98 Å². The average molecular weight is 537 g/mol. The van der Waals surface area contributed by atoms with Crippen LogP contribution in [0, 0.1) is 22.9 Å². The van der Waals surface area contributed by atoms with Crippen LogP contribution in [0.1, 0.15) is 43.0 Å². The molecule has 0 radical (unpaired) electrons. The molecule has 6 nitrogen and oxygen atoms in total.